The predicted octanol–water partition coefficient (Wildman–Crippen LogP) is 1.41. The van der Waals surface area contributed by atoms with Gasteiger partial charge in [-0.15, -0.1) is 0 Å². The molecular formula is C12H13NO2. The lowest BCUT2D eigenvalue weighted by Gasteiger charge is -2.36. The van der Waals surface area contributed by atoms with Crippen molar-refractivity contribution in [3.05, 3.63) is 23.8 Å². The molecule has 3 rings (SSSR count). The number of carbonyl (C=O) groups excluding carboxylic acids is 2. The monoisotopic (exact) mass is 203 g/mol. The first-order valence-corrected chi connectivity index (χ1v) is 5.39. The number of rotatable bonds is 1. The molecule has 1 heterocycles. The van der Waals surface area contributed by atoms with Crippen molar-refractivity contribution in [2.45, 2.75) is 31.7 Å². The van der Waals surface area contributed by atoms with Crippen molar-refractivity contribution in [1.29, 1.82) is 0 Å². The van der Waals surface area contributed by atoms with Gasteiger partial charge in [0.25, 0.3) is 11.8 Å². The second-order valence-corrected chi connectivity index (χ2v) is 4.73. The Morgan fingerprint density at radius 3 is 2.47 bits per heavy atom. The number of imide groups is 1. The largest absolute Gasteiger partial charge is 0.269 e. The SMILES string of the molecule is CC1=CC2CCC1(N1C(=O)C=CC1=O)C2. The zero-order valence-electron chi connectivity index (χ0n) is 8.69. The van der Waals surface area contributed by atoms with Gasteiger partial charge in [-0.25, -0.2) is 0 Å². The fourth-order valence-corrected chi connectivity index (χ4v) is 3.27. The van der Waals surface area contributed by atoms with Crippen LogP contribution >= 0.6 is 0 Å². The number of hydrogen-bond acceptors (Lipinski definition) is 2. The summed E-state index contributed by atoms with van der Waals surface area (Å²) in [5.74, 6) is 0.289. The van der Waals surface area contributed by atoms with Gasteiger partial charge in [-0.05, 0) is 32.1 Å². The summed E-state index contributed by atoms with van der Waals surface area (Å²) in [6.07, 6.45) is 7.99. The molecule has 1 fully saturated rings. The number of nitrogens with zero attached hydrogens (tertiary/aromatic N) is 1. The van der Waals surface area contributed by atoms with Gasteiger partial charge in [0, 0.05) is 12.2 Å². The second kappa shape index (κ2) is 2.60. The summed E-state index contributed by atoms with van der Waals surface area (Å²) in [6, 6.07) is 0. The van der Waals surface area contributed by atoms with Crippen LogP contribution in [0.4, 0.5) is 0 Å². The Bertz CT molecular complexity index is 403. The first kappa shape index (κ1) is 8.89. The van der Waals surface area contributed by atoms with Crippen LogP contribution in [-0.4, -0.2) is 22.3 Å². The molecule has 0 radical (unpaired) electrons. The summed E-state index contributed by atoms with van der Waals surface area (Å²) in [5.41, 5.74) is 0.923. The number of allylic oxidation sites excluding steroid dienone is 1. The number of carbonyl (C=O) groups is 2. The Morgan fingerprint density at radius 2 is 2.00 bits per heavy atom. The maximum absolute atomic E-state index is 11.7. The number of amides is 2. The van der Waals surface area contributed by atoms with E-state index in [9.17, 15) is 9.59 Å². The zero-order chi connectivity index (χ0) is 10.6. The van der Waals surface area contributed by atoms with E-state index in [-0.39, 0.29) is 17.4 Å². The smallest absolute Gasteiger partial charge is 0.254 e. The molecule has 1 saturated carbocycles. The molecule has 1 aliphatic heterocycles. The molecule has 0 aromatic heterocycles. The third-order valence-electron chi connectivity index (χ3n) is 3.99. The highest BCUT2D eigenvalue weighted by Crippen LogP contribution is 2.51. The molecule has 78 valence electrons. The Labute approximate surface area is 88.4 Å². The molecule has 0 aromatic rings. The van der Waals surface area contributed by atoms with E-state index in [4.69, 9.17) is 0 Å². The molecule has 3 nitrogen and oxygen atoms in total. The standard InChI is InChI=1S/C12H13NO2/c1-8-6-9-4-5-12(8,7-9)13-10(14)2-3-11(13)15/h2-3,6,9H,4-5,7H2,1H3. The first-order chi connectivity index (χ1) is 7.13. The maximum atomic E-state index is 11.7. The van der Waals surface area contributed by atoms with Gasteiger partial charge in [-0.1, -0.05) is 11.6 Å². The van der Waals surface area contributed by atoms with Crippen molar-refractivity contribution in [2.24, 2.45) is 5.92 Å². The van der Waals surface area contributed by atoms with Gasteiger partial charge in [-0.2, -0.15) is 0 Å². The van der Waals surface area contributed by atoms with E-state index < -0.39 is 0 Å². The van der Waals surface area contributed by atoms with Crippen molar-refractivity contribution in [1.82, 2.24) is 4.90 Å². The van der Waals surface area contributed by atoms with E-state index in [1.165, 1.54) is 22.6 Å². The molecule has 0 N–H and O–H groups in total. The molecule has 2 amide bonds. The van der Waals surface area contributed by atoms with Crippen LogP contribution in [0.25, 0.3) is 0 Å². The van der Waals surface area contributed by atoms with Gasteiger partial charge >= 0.3 is 0 Å². The fraction of sp³-hybridized carbons (Fsp3) is 0.500. The zero-order valence-corrected chi connectivity index (χ0v) is 8.69. The third-order valence-corrected chi connectivity index (χ3v) is 3.99. The molecule has 2 aliphatic carbocycles. The van der Waals surface area contributed by atoms with Crippen LogP contribution in [-0.2, 0) is 9.59 Å². The molecular weight excluding hydrogens is 190 g/mol. The average Bonchev–Trinajstić information content (AvgIpc) is 2.80. The van der Waals surface area contributed by atoms with Crippen LogP contribution in [0.3, 0.4) is 0 Å². The third kappa shape index (κ3) is 0.954. The fourth-order valence-electron chi connectivity index (χ4n) is 3.27. The van der Waals surface area contributed by atoms with Crippen molar-refractivity contribution in [3.63, 3.8) is 0 Å². The minimum atomic E-state index is -0.275. The lowest BCUT2D eigenvalue weighted by molar-refractivity contribution is -0.142. The summed E-state index contributed by atoms with van der Waals surface area (Å²) < 4.78 is 0. The topological polar surface area (TPSA) is 37.4 Å². The summed E-state index contributed by atoms with van der Waals surface area (Å²) in [7, 11) is 0. The van der Waals surface area contributed by atoms with Gasteiger partial charge in [0.1, 0.15) is 0 Å². The summed E-state index contributed by atoms with van der Waals surface area (Å²) in [6.45, 7) is 2.04. The van der Waals surface area contributed by atoms with Gasteiger partial charge in [-0.3, -0.25) is 14.5 Å². The highest BCUT2D eigenvalue weighted by molar-refractivity contribution is 6.13. The second-order valence-electron chi connectivity index (χ2n) is 4.73. The quantitative estimate of drug-likeness (QED) is 0.477. The highest BCUT2D eigenvalue weighted by Gasteiger charge is 2.53. The van der Waals surface area contributed by atoms with E-state index in [0.29, 0.717) is 5.92 Å². The Morgan fingerprint density at radius 1 is 1.33 bits per heavy atom. The average molecular weight is 203 g/mol. The van der Waals surface area contributed by atoms with E-state index in [0.717, 1.165) is 19.3 Å². The normalized spacial score (nSPS) is 38.1. The molecule has 0 spiro atoms. The van der Waals surface area contributed by atoms with Crippen LogP contribution in [0.5, 0.6) is 0 Å². The Kier molecular flexibility index (Phi) is 1.54. The molecule has 0 saturated heterocycles. The predicted molar refractivity (Wildman–Crippen MR) is 54.8 cm³/mol. The van der Waals surface area contributed by atoms with Crippen LogP contribution in [0.15, 0.2) is 23.8 Å². The summed E-state index contributed by atoms with van der Waals surface area (Å²) >= 11 is 0. The van der Waals surface area contributed by atoms with Gasteiger partial charge in [0.2, 0.25) is 0 Å². The minimum Gasteiger partial charge on any atom is -0.269 e. The molecule has 15 heavy (non-hydrogen) atoms. The molecule has 2 unspecified atom stereocenters. The Balaban J connectivity index is 2.04. The van der Waals surface area contributed by atoms with Crippen molar-refractivity contribution in [2.75, 3.05) is 0 Å². The van der Waals surface area contributed by atoms with E-state index in [1.54, 1.807) is 0 Å². The van der Waals surface area contributed by atoms with E-state index in [1.807, 2.05) is 6.92 Å². The molecule has 2 bridgehead atoms. The van der Waals surface area contributed by atoms with Crippen LogP contribution in [0.1, 0.15) is 26.2 Å². The molecule has 2 atom stereocenters. The van der Waals surface area contributed by atoms with Crippen molar-refractivity contribution in [3.8, 4) is 0 Å². The van der Waals surface area contributed by atoms with E-state index in [2.05, 4.69) is 6.08 Å². The number of hydrogen-bond donors (Lipinski definition) is 0. The molecule has 0 aromatic carbocycles. The van der Waals surface area contributed by atoms with Crippen molar-refractivity contribution >= 4 is 11.8 Å². The maximum Gasteiger partial charge on any atom is 0.254 e. The first-order valence-electron chi connectivity index (χ1n) is 5.39. The van der Waals surface area contributed by atoms with Gasteiger partial charge in [0.05, 0.1) is 5.54 Å². The van der Waals surface area contributed by atoms with Crippen molar-refractivity contribution < 1.29 is 9.59 Å². The number of fused-ring (bicyclic) bond motifs is 2. The van der Waals surface area contributed by atoms with Crippen LogP contribution < -0.4 is 0 Å². The van der Waals surface area contributed by atoms with Gasteiger partial charge < -0.3 is 0 Å². The van der Waals surface area contributed by atoms with Crippen LogP contribution in [0.2, 0.25) is 0 Å². The van der Waals surface area contributed by atoms with E-state index >= 15 is 0 Å². The Hall–Kier alpha value is -1.38. The highest BCUT2D eigenvalue weighted by atomic mass is 16.2. The van der Waals surface area contributed by atoms with Gasteiger partial charge in [0.15, 0.2) is 0 Å². The molecule has 3 heteroatoms. The lowest BCUT2D eigenvalue weighted by atomic mass is 9.89. The lowest BCUT2D eigenvalue weighted by Crippen LogP contribution is -2.50. The van der Waals surface area contributed by atoms with Crippen LogP contribution in [0, 0.1) is 5.92 Å². The molecule has 3 aliphatic rings. The summed E-state index contributed by atoms with van der Waals surface area (Å²) in [4.78, 5) is 24.8. The minimum absolute atomic E-state index is 0.143. The summed E-state index contributed by atoms with van der Waals surface area (Å²) in [5, 5.41) is 0.